The summed E-state index contributed by atoms with van der Waals surface area (Å²) >= 11 is 1.24. The van der Waals surface area contributed by atoms with E-state index in [2.05, 4.69) is 11.9 Å². The lowest BCUT2D eigenvalue weighted by Gasteiger charge is -2.27. The quantitative estimate of drug-likeness (QED) is 0.700. The van der Waals surface area contributed by atoms with E-state index in [1.54, 1.807) is 14.2 Å². The number of likely N-dealkylation sites (N-methyl/N-ethyl adjacent to an activating group) is 1. The molecule has 0 unspecified atom stereocenters. The summed E-state index contributed by atoms with van der Waals surface area (Å²) in [6.07, 6.45) is 0.824. The number of amides is 1. The zero-order valence-electron chi connectivity index (χ0n) is 16.0. The van der Waals surface area contributed by atoms with Gasteiger partial charge in [-0.05, 0) is 18.7 Å². The Bertz CT molecular complexity index is 1090. The number of carbonyl (C=O) groups is 1. The number of methoxy groups -OCH3 is 2. The topological polar surface area (TPSA) is 104 Å². The van der Waals surface area contributed by atoms with Gasteiger partial charge in [0.1, 0.15) is 9.71 Å². The third-order valence-corrected chi connectivity index (χ3v) is 6.23. The van der Waals surface area contributed by atoms with Gasteiger partial charge in [0.05, 0.1) is 19.9 Å². The summed E-state index contributed by atoms with van der Waals surface area (Å²) in [4.78, 5) is 20.0. The summed E-state index contributed by atoms with van der Waals surface area (Å²) in [5.41, 5.74) is 16.2. The van der Waals surface area contributed by atoms with Crippen molar-refractivity contribution in [1.82, 2.24) is 9.88 Å². The molecule has 0 saturated carbocycles. The molecule has 146 valence electrons. The summed E-state index contributed by atoms with van der Waals surface area (Å²) < 4.78 is 11.2. The zero-order valence-corrected chi connectivity index (χ0v) is 16.9. The van der Waals surface area contributed by atoms with Gasteiger partial charge in [0.2, 0.25) is 0 Å². The van der Waals surface area contributed by atoms with E-state index in [-0.39, 0.29) is 0 Å². The first-order chi connectivity index (χ1) is 13.5. The molecule has 0 atom stereocenters. The van der Waals surface area contributed by atoms with E-state index in [0.717, 1.165) is 52.1 Å². The highest BCUT2D eigenvalue weighted by atomic mass is 32.1. The van der Waals surface area contributed by atoms with Crippen LogP contribution in [0.4, 0.5) is 5.69 Å². The van der Waals surface area contributed by atoms with Gasteiger partial charge in [-0.1, -0.05) is 12.1 Å². The number of nitrogens with two attached hydrogens (primary N) is 2. The maximum Gasteiger partial charge on any atom is 0.260 e. The summed E-state index contributed by atoms with van der Waals surface area (Å²) in [5, 5.41) is 0.749. The number of nitrogens with zero attached hydrogens (tertiary/aromatic N) is 2. The molecule has 0 bridgehead atoms. The summed E-state index contributed by atoms with van der Waals surface area (Å²) in [6.45, 7) is 1.65. The van der Waals surface area contributed by atoms with Crippen LogP contribution in [0.5, 0.6) is 11.5 Å². The molecule has 1 aliphatic rings. The van der Waals surface area contributed by atoms with Crippen LogP contribution in [-0.2, 0) is 13.0 Å². The van der Waals surface area contributed by atoms with Crippen LogP contribution in [0, 0.1) is 0 Å². The third-order valence-electron chi connectivity index (χ3n) is 5.12. The first-order valence-electron chi connectivity index (χ1n) is 8.89. The van der Waals surface area contributed by atoms with Crippen LogP contribution in [0.3, 0.4) is 0 Å². The number of benzene rings is 1. The fourth-order valence-electron chi connectivity index (χ4n) is 3.82. The number of nitrogen functional groups attached to an aromatic ring is 1. The molecule has 28 heavy (non-hydrogen) atoms. The average molecular weight is 398 g/mol. The van der Waals surface area contributed by atoms with Gasteiger partial charge in [0.15, 0.2) is 11.5 Å². The molecule has 4 rings (SSSR count). The van der Waals surface area contributed by atoms with E-state index in [1.807, 2.05) is 18.2 Å². The number of thiophene rings is 1. The molecule has 0 fully saturated rings. The molecule has 3 aromatic rings. The summed E-state index contributed by atoms with van der Waals surface area (Å²) in [7, 11) is 5.30. The lowest BCUT2D eigenvalue weighted by atomic mass is 9.91. The largest absolute Gasteiger partial charge is 0.493 e. The van der Waals surface area contributed by atoms with Gasteiger partial charge in [-0.2, -0.15) is 0 Å². The Morgan fingerprint density at radius 3 is 2.75 bits per heavy atom. The number of hydrogen-bond acceptors (Lipinski definition) is 7. The normalized spacial score (nSPS) is 14.1. The highest BCUT2D eigenvalue weighted by molar-refractivity contribution is 7.21. The Balaban J connectivity index is 2.15. The predicted molar refractivity (Wildman–Crippen MR) is 111 cm³/mol. The van der Waals surface area contributed by atoms with E-state index in [4.69, 9.17) is 25.9 Å². The second-order valence-electron chi connectivity index (χ2n) is 6.83. The molecule has 1 amide bonds. The Morgan fingerprint density at radius 1 is 1.29 bits per heavy atom. The average Bonchev–Trinajstić information content (AvgIpc) is 3.02. The van der Waals surface area contributed by atoms with Gasteiger partial charge in [0.25, 0.3) is 5.91 Å². The van der Waals surface area contributed by atoms with Gasteiger partial charge in [0, 0.05) is 41.7 Å². The molecule has 4 N–H and O–H groups in total. The second kappa shape index (κ2) is 6.96. The lowest BCUT2D eigenvalue weighted by molar-refractivity contribution is 0.100. The van der Waals surface area contributed by atoms with Crippen molar-refractivity contribution in [2.45, 2.75) is 13.0 Å². The van der Waals surface area contributed by atoms with Gasteiger partial charge >= 0.3 is 0 Å². The van der Waals surface area contributed by atoms with Crippen molar-refractivity contribution in [1.29, 1.82) is 0 Å². The maximum absolute atomic E-state index is 11.9. The SMILES string of the molecule is COc1cccc(-c2c3c(nc4sc(C(N)=O)c(N)c24)CCN(C)C3)c1OC. The third kappa shape index (κ3) is 2.76. The van der Waals surface area contributed by atoms with Crippen LogP contribution < -0.4 is 20.9 Å². The Labute approximate surface area is 166 Å². The number of para-hydroxylation sites is 1. The Hall–Kier alpha value is -2.84. The van der Waals surface area contributed by atoms with E-state index >= 15 is 0 Å². The number of fused-ring (bicyclic) bond motifs is 2. The van der Waals surface area contributed by atoms with Crippen LogP contribution >= 0.6 is 11.3 Å². The summed E-state index contributed by atoms with van der Waals surface area (Å²) in [5.74, 6) is 0.713. The van der Waals surface area contributed by atoms with Crippen LogP contribution in [0.15, 0.2) is 18.2 Å². The fraction of sp³-hybridized carbons (Fsp3) is 0.300. The van der Waals surface area contributed by atoms with E-state index in [1.165, 1.54) is 11.3 Å². The molecule has 2 aromatic heterocycles. The fourth-order valence-corrected chi connectivity index (χ4v) is 4.80. The molecule has 7 nitrogen and oxygen atoms in total. The molecule has 0 spiro atoms. The second-order valence-corrected chi connectivity index (χ2v) is 7.83. The van der Waals surface area contributed by atoms with Crippen LogP contribution in [0.25, 0.3) is 21.3 Å². The number of aromatic nitrogens is 1. The van der Waals surface area contributed by atoms with Crippen LogP contribution in [-0.4, -0.2) is 43.6 Å². The van der Waals surface area contributed by atoms with E-state index < -0.39 is 5.91 Å². The number of hydrogen-bond donors (Lipinski definition) is 2. The number of carbonyl (C=O) groups excluding carboxylic acids is 1. The molecular weight excluding hydrogens is 376 g/mol. The lowest BCUT2D eigenvalue weighted by Crippen LogP contribution is -2.28. The minimum absolute atomic E-state index is 0.335. The highest BCUT2D eigenvalue weighted by Gasteiger charge is 2.28. The number of anilines is 1. The van der Waals surface area contributed by atoms with Gasteiger partial charge < -0.3 is 25.8 Å². The monoisotopic (exact) mass is 398 g/mol. The van der Waals surface area contributed by atoms with Crippen molar-refractivity contribution < 1.29 is 14.3 Å². The molecule has 1 aliphatic heterocycles. The minimum Gasteiger partial charge on any atom is -0.493 e. The number of rotatable bonds is 4. The molecule has 8 heteroatoms. The van der Waals surface area contributed by atoms with Crippen molar-refractivity contribution in [3.05, 3.63) is 34.3 Å². The zero-order chi connectivity index (χ0) is 20.0. The molecular formula is C20H22N4O3S. The molecule has 3 heterocycles. The van der Waals surface area contributed by atoms with Crippen LogP contribution in [0.1, 0.15) is 20.9 Å². The van der Waals surface area contributed by atoms with Crippen LogP contribution in [0.2, 0.25) is 0 Å². The van der Waals surface area contributed by atoms with E-state index in [9.17, 15) is 4.79 Å². The molecule has 0 aliphatic carbocycles. The van der Waals surface area contributed by atoms with Gasteiger partial charge in [-0.15, -0.1) is 11.3 Å². The van der Waals surface area contributed by atoms with Crippen molar-refractivity contribution in [3.63, 3.8) is 0 Å². The Morgan fingerprint density at radius 2 is 2.07 bits per heavy atom. The Kier molecular flexibility index (Phi) is 4.60. The van der Waals surface area contributed by atoms with Crippen molar-refractivity contribution in [2.24, 2.45) is 5.73 Å². The first-order valence-corrected chi connectivity index (χ1v) is 9.71. The molecule has 0 radical (unpaired) electrons. The highest BCUT2D eigenvalue weighted by Crippen LogP contribution is 2.47. The van der Waals surface area contributed by atoms with Gasteiger partial charge in [-0.3, -0.25) is 4.79 Å². The standard InChI is InChI=1S/C20H22N4O3S/c1-24-8-7-12-11(9-24)14(10-5-4-6-13(26-2)17(10)27-3)15-16(21)18(19(22)25)28-20(15)23-12/h4-6H,7-9,21H2,1-3H3,(H2,22,25). The number of pyridine rings is 1. The maximum atomic E-state index is 11.9. The van der Waals surface area contributed by atoms with E-state index in [0.29, 0.717) is 22.1 Å². The molecule has 1 aromatic carbocycles. The van der Waals surface area contributed by atoms with Crippen molar-refractivity contribution in [2.75, 3.05) is 33.5 Å². The van der Waals surface area contributed by atoms with Gasteiger partial charge in [-0.25, -0.2) is 4.98 Å². The van der Waals surface area contributed by atoms with Crippen molar-refractivity contribution in [3.8, 4) is 22.6 Å². The first kappa shape index (κ1) is 18.5. The predicted octanol–water partition coefficient (Wildman–Crippen LogP) is 2.65. The summed E-state index contributed by atoms with van der Waals surface area (Å²) in [6, 6.07) is 5.75. The number of ether oxygens (including phenoxy) is 2. The molecule has 0 saturated heterocycles. The minimum atomic E-state index is -0.542. The smallest absolute Gasteiger partial charge is 0.260 e. The number of primary amides is 1. The van der Waals surface area contributed by atoms with Crippen molar-refractivity contribution >= 4 is 33.1 Å².